The van der Waals surface area contributed by atoms with E-state index in [1.54, 1.807) is 13.1 Å². The van der Waals surface area contributed by atoms with E-state index in [-0.39, 0.29) is 23.2 Å². The summed E-state index contributed by atoms with van der Waals surface area (Å²) in [5, 5.41) is 1.87. The lowest BCUT2D eigenvalue weighted by molar-refractivity contribution is -0.148. The molecule has 2 heterocycles. The van der Waals surface area contributed by atoms with Gasteiger partial charge in [0.1, 0.15) is 11.9 Å². The van der Waals surface area contributed by atoms with Gasteiger partial charge in [-0.1, -0.05) is 57.7 Å². The minimum atomic E-state index is -0.271. The third-order valence-electron chi connectivity index (χ3n) is 4.45. The fourth-order valence-corrected chi connectivity index (χ4v) is 3.11. The van der Waals surface area contributed by atoms with E-state index >= 15 is 0 Å². The second-order valence-electron chi connectivity index (χ2n) is 6.79. The molecule has 2 amide bonds. The highest BCUT2D eigenvalue weighted by atomic mass is 32.2. The van der Waals surface area contributed by atoms with Gasteiger partial charge in [0.2, 0.25) is 5.91 Å². The zero-order chi connectivity index (χ0) is 24.6. The number of nitrogens with zero attached hydrogens (tertiary/aromatic N) is 1. The molecule has 0 spiro atoms. The molecule has 180 valence electrons. The number of imide groups is 1. The molecule has 8 heteroatoms. The number of hydrogen-bond acceptors (Lipinski definition) is 7. The summed E-state index contributed by atoms with van der Waals surface area (Å²) < 4.78 is 11.0. The number of hydrogen-bond donors (Lipinski definition) is 1. The molecule has 1 N–H and O–H groups in total. The van der Waals surface area contributed by atoms with Gasteiger partial charge in [-0.05, 0) is 37.1 Å². The molecule has 7 nitrogen and oxygen atoms in total. The zero-order valence-corrected chi connectivity index (χ0v) is 20.9. The Morgan fingerprint density at radius 3 is 2.27 bits per heavy atom. The van der Waals surface area contributed by atoms with Crippen molar-refractivity contribution in [1.82, 2.24) is 10.3 Å². The summed E-state index contributed by atoms with van der Waals surface area (Å²) in [5.41, 5.74) is 3.16. The molecule has 33 heavy (non-hydrogen) atoms. The monoisotopic (exact) mass is 474 g/mol. The van der Waals surface area contributed by atoms with Crippen LogP contribution >= 0.6 is 11.8 Å². The first-order chi connectivity index (χ1) is 15.9. The summed E-state index contributed by atoms with van der Waals surface area (Å²) >= 11 is 1.01. The Labute approximate surface area is 200 Å². The maximum Gasteiger partial charge on any atom is 0.306 e. The Hall–Kier alpha value is -2.87. The maximum atomic E-state index is 11.3. The zero-order valence-electron chi connectivity index (χ0n) is 20.1. The van der Waals surface area contributed by atoms with Gasteiger partial charge in [0, 0.05) is 30.3 Å². The first-order valence-corrected chi connectivity index (χ1v) is 12.2. The number of rotatable bonds is 8. The second-order valence-corrected chi connectivity index (χ2v) is 7.74. The smallest absolute Gasteiger partial charge is 0.306 e. The molecule has 1 aliphatic rings. The van der Waals surface area contributed by atoms with E-state index in [1.807, 2.05) is 45.0 Å². The molecule has 1 atom stereocenters. The van der Waals surface area contributed by atoms with Gasteiger partial charge in [0.15, 0.2) is 0 Å². The van der Waals surface area contributed by atoms with E-state index < -0.39 is 0 Å². The number of carbonyl (C=O) groups is 3. The Bertz CT molecular complexity index is 855. The molecular formula is C25H34N2O5S. The SMILES string of the molecule is CC.CCC(=O)OC(C)c1ccc(CCOc2ccc(CC)cc2)nc1.O=C1CSC(=O)N1. The summed E-state index contributed by atoms with van der Waals surface area (Å²) in [6.45, 7) is 10.4. The topological polar surface area (TPSA) is 94.6 Å². The second kappa shape index (κ2) is 15.9. The largest absolute Gasteiger partial charge is 0.493 e. The molecule has 2 aromatic rings. The molecule has 1 saturated heterocycles. The normalized spacial score (nSPS) is 13.0. The van der Waals surface area contributed by atoms with Crippen molar-refractivity contribution in [3.8, 4) is 5.75 Å². The number of carbonyl (C=O) groups excluding carboxylic acids is 3. The van der Waals surface area contributed by atoms with Gasteiger partial charge >= 0.3 is 5.97 Å². The van der Waals surface area contributed by atoms with Crippen LogP contribution in [0, 0.1) is 0 Å². The summed E-state index contributed by atoms with van der Waals surface area (Å²) in [6, 6.07) is 12.1. The predicted octanol–water partition coefficient (Wildman–Crippen LogP) is 5.28. The van der Waals surface area contributed by atoms with Crippen molar-refractivity contribution in [2.75, 3.05) is 12.4 Å². The molecule has 0 aliphatic carbocycles. The maximum absolute atomic E-state index is 11.3. The van der Waals surface area contributed by atoms with Crippen LogP contribution in [0.3, 0.4) is 0 Å². The average molecular weight is 475 g/mol. The molecule has 0 saturated carbocycles. The van der Waals surface area contributed by atoms with Crippen molar-refractivity contribution in [2.45, 2.75) is 60.0 Å². The number of ether oxygens (including phenoxy) is 2. The highest BCUT2D eigenvalue weighted by Crippen LogP contribution is 2.17. The lowest BCUT2D eigenvalue weighted by Gasteiger charge is -2.13. The lowest BCUT2D eigenvalue weighted by atomic mass is 10.1. The molecule has 1 aromatic heterocycles. The molecule has 1 aromatic carbocycles. The summed E-state index contributed by atoms with van der Waals surface area (Å²) in [6.07, 6.45) is 3.64. The number of pyridine rings is 1. The van der Waals surface area contributed by atoms with Gasteiger partial charge in [-0.2, -0.15) is 0 Å². The summed E-state index contributed by atoms with van der Waals surface area (Å²) in [7, 11) is 0. The summed E-state index contributed by atoms with van der Waals surface area (Å²) in [4.78, 5) is 35.9. The van der Waals surface area contributed by atoms with Crippen molar-refractivity contribution < 1.29 is 23.9 Å². The lowest BCUT2D eigenvalue weighted by Crippen LogP contribution is -2.18. The summed E-state index contributed by atoms with van der Waals surface area (Å²) in [5.74, 6) is 0.784. The first kappa shape index (κ1) is 28.2. The Morgan fingerprint density at radius 2 is 1.82 bits per heavy atom. The van der Waals surface area contributed by atoms with Crippen LogP contribution in [0.1, 0.15) is 64.0 Å². The van der Waals surface area contributed by atoms with Crippen LogP contribution in [0.5, 0.6) is 5.75 Å². The highest BCUT2D eigenvalue weighted by molar-refractivity contribution is 8.14. The molecule has 1 fully saturated rings. The molecular weight excluding hydrogens is 440 g/mol. The van der Waals surface area contributed by atoms with E-state index in [9.17, 15) is 14.4 Å². The van der Waals surface area contributed by atoms with Gasteiger partial charge < -0.3 is 9.47 Å². The number of aromatic nitrogens is 1. The highest BCUT2D eigenvalue weighted by Gasteiger charge is 2.16. The van der Waals surface area contributed by atoms with Gasteiger partial charge in [-0.3, -0.25) is 24.7 Å². The van der Waals surface area contributed by atoms with Crippen LogP contribution in [0.2, 0.25) is 0 Å². The van der Waals surface area contributed by atoms with Gasteiger partial charge in [-0.15, -0.1) is 0 Å². The van der Waals surface area contributed by atoms with Gasteiger partial charge in [0.05, 0.1) is 12.4 Å². The van der Waals surface area contributed by atoms with Crippen LogP contribution < -0.4 is 10.1 Å². The molecule has 1 unspecified atom stereocenters. The van der Waals surface area contributed by atoms with E-state index in [4.69, 9.17) is 9.47 Å². The predicted molar refractivity (Wildman–Crippen MR) is 131 cm³/mol. The van der Waals surface area contributed by atoms with Gasteiger partial charge in [-0.25, -0.2) is 0 Å². The fraction of sp³-hybridized carbons (Fsp3) is 0.440. The molecule has 1 aliphatic heterocycles. The average Bonchev–Trinajstić information content (AvgIpc) is 3.23. The van der Waals surface area contributed by atoms with Crippen molar-refractivity contribution in [1.29, 1.82) is 0 Å². The third kappa shape index (κ3) is 11.0. The van der Waals surface area contributed by atoms with Crippen LogP contribution in [-0.4, -0.2) is 34.5 Å². The van der Waals surface area contributed by atoms with E-state index in [0.717, 1.165) is 41.6 Å². The van der Waals surface area contributed by atoms with Crippen molar-refractivity contribution in [3.05, 3.63) is 59.4 Å². The quantitative estimate of drug-likeness (QED) is 0.520. The minimum Gasteiger partial charge on any atom is -0.493 e. The number of esters is 1. The molecule has 3 rings (SSSR count). The standard InChI is InChI=1S/C20H25NO3.C3H3NO2S.C2H6/c1-4-16-6-10-19(11-7-16)23-13-12-18-9-8-17(14-21-18)15(3)24-20(22)5-2;5-2-1-7-3(6)4-2;1-2/h6-11,14-15H,4-5,12-13H2,1-3H3;1H2,(H,4,5,6);1-2H3. The van der Waals surface area contributed by atoms with E-state index in [0.29, 0.717) is 18.8 Å². The number of nitrogens with one attached hydrogen (secondary N) is 1. The Morgan fingerprint density at radius 1 is 1.12 bits per heavy atom. The molecule has 0 bridgehead atoms. The fourth-order valence-electron chi connectivity index (χ4n) is 2.58. The number of thioether (sulfide) groups is 1. The van der Waals surface area contributed by atoms with Crippen LogP contribution in [0.15, 0.2) is 42.6 Å². The number of aryl methyl sites for hydroxylation is 1. The first-order valence-electron chi connectivity index (χ1n) is 11.2. The Balaban J connectivity index is 0.000000508. The van der Waals surface area contributed by atoms with Crippen molar-refractivity contribution >= 4 is 28.9 Å². The van der Waals surface area contributed by atoms with Gasteiger partial charge in [0.25, 0.3) is 5.24 Å². The van der Waals surface area contributed by atoms with Crippen molar-refractivity contribution in [2.24, 2.45) is 0 Å². The third-order valence-corrected chi connectivity index (χ3v) is 5.22. The van der Waals surface area contributed by atoms with Crippen LogP contribution in [-0.2, 0) is 27.2 Å². The van der Waals surface area contributed by atoms with E-state index in [1.165, 1.54) is 5.56 Å². The van der Waals surface area contributed by atoms with Crippen molar-refractivity contribution in [3.63, 3.8) is 0 Å². The minimum absolute atomic E-state index is 0.185. The number of amides is 2. The van der Waals surface area contributed by atoms with Crippen LogP contribution in [0.4, 0.5) is 4.79 Å². The number of benzene rings is 1. The van der Waals surface area contributed by atoms with Crippen LogP contribution in [0.25, 0.3) is 0 Å². The Kier molecular flexibility index (Phi) is 13.5. The van der Waals surface area contributed by atoms with E-state index in [2.05, 4.69) is 29.4 Å². The molecule has 0 radical (unpaired) electrons.